The van der Waals surface area contributed by atoms with Crippen molar-refractivity contribution in [3.05, 3.63) is 41.2 Å². The van der Waals surface area contributed by atoms with Crippen LogP contribution in [0.2, 0.25) is 0 Å². The van der Waals surface area contributed by atoms with Crippen LogP contribution in [-0.4, -0.2) is 21.3 Å². The van der Waals surface area contributed by atoms with Gasteiger partial charge < -0.3 is 0 Å². The third-order valence-corrected chi connectivity index (χ3v) is 4.71. The largest absolute Gasteiger partial charge is 0.268 e. The van der Waals surface area contributed by atoms with E-state index in [-0.39, 0.29) is 0 Å². The van der Waals surface area contributed by atoms with E-state index >= 15 is 0 Å². The van der Waals surface area contributed by atoms with E-state index in [0.717, 1.165) is 18.5 Å². The highest BCUT2D eigenvalue weighted by molar-refractivity contribution is 7.99. The molecule has 0 aliphatic carbocycles. The van der Waals surface area contributed by atoms with Gasteiger partial charge in [0.25, 0.3) is 0 Å². The van der Waals surface area contributed by atoms with E-state index in [1.54, 1.807) is 0 Å². The standard InChI is InChI=1S/C15H15N3S/c1-10-5-11(7-16)3-4-13(10)14-8-17-18-9-12(19-2)6-15(14)18/h3-5,8,12H,6,9H2,1-2H3/t12-/m1/s1. The van der Waals surface area contributed by atoms with Gasteiger partial charge >= 0.3 is 0 Å². The van der Waals surface area contributed by atoms with Crippen LogP contribution in [0.5, 0.6) is 0 Å². The molecule has 1 aromatic carbocycles. The van der Waals surface area contributed by atoms with Gasteiger partial charge in [0.05, 0.1) is 24.4 Å². The van der Waals surface area contributed by atoms with Crippen LogP contribution in [0.25, 0.3) is 11.1 Å². The van der Waals surface area contributed by atoms with Gasteiger partial charge in [-0.25, -0.2) is 0 Å². The van der Waals surface area contributed by atoms with Gasteiger partial charge in [-0.3, -0.25) is 4.68 Å². The van der Waals surface area contributed by atoms with Gasteiger partial charge in [-0.05, 0) is 36.4 Å². The predicted molar refractivity (Wildman–Crippen MR) is 78.1 cm³/mol. The molecule has 1 atom stereocenters. The van der Waals surface area contributed by atoms with Crippen LogP contribution < -0.4 is 0 Å². The minimum Gasteiger partial charge on any atom is -0.268 e. The highest BCUT2D eigenvalue weighted by Crippen LogP contribution is 2.33. The monoisotopic (exact) mass is 269 g/mol. The van der Waals surface area contributed by atoms with Crippen LogP contribution in [0.4, 0.5) is 0 Å². The Morgan fingerprint density at radius 2 is 2.26 bits per heavy atom. The Bertz CT molecular complexity index is 667. The van der Waals surface area contributed by atoms with Crippen molar-refractivity contribution in [2.45, 2.75) is 25.1 Å². The topological polar surface area (TPSA) is 41.6 Å². The number of fused-ring (bicyclic) bond motifs is 1. The lowest BCUT2D eigenvalue weighted by Crippen LogP contribution is -2.04. The van der Waals surface area contributed by atoms with E-state index in [0.29, 0.717) is 10.8 Å². The molecule has 0 radical (unpaired) electrons. The van der Waals surface area contributed by atoms with Crippen molar-refractivity contribution in [1.82, 2.24) is 9.78 Å². The summed E-state index contributed by atoms with van der Waals surface area (Å²) in [5.41, 5.74) is 5.60. The summed E-state index contributed by atoms with van der Waals surface area (Å²) in [4.78, 5) is 0. The van der Waals surface area contributed by atoms with Gasteiger partial charge in [0.1, 0.15) is 0 Å². The third kappa shape index (κ3) is 2.04. The first-order chi connectivity index (χ1) is 9.22. The first kappa shape index (κ1) is 12.3. The first-order valence-corrected chi connectivity index (χ1v) is 7.60. The second-order valence-electron chi connectivity index (χ2n) is 4.89. The SMILES string of the molecule is CS[C@@H]1Cc2c(-c3ccc(C#N)cc3C)cnn2C1. The molecule has 3 nitrogen and oxygen atoms in total. The van der Waals surface area contributed by atoms with Crippen LogP contribution >= 0.6 is 11.8 Å². The maximum atomic E-state index is 8.94. The van der Waals surface area contributed by atoms with Crippen LogP contribution in [-0.2, 0) is 13.0 Å². The van der Waals surface area contributed by atoms with Gasteiger partial charge in [0, 0.05) is 22.9 Å². The number of thioether (sulfide) groups is 1. The molecule has 1 aliphatic rings. The van der Waals surface area contributed by atoms with Gasteiger partial charge in [-0.15, -0.1) is 0 Å². The van der Waals surface area contributed by atoms with Crippen molar-refractivity contribution in [1.29, 1.82) is 5.26 Å². The number of hydrogen-bond donors (Lipinski definition) is 0. The molecule has 3 rings (SSSR count). The molecular formula is C15H15N3S. The zero-order chi connectivity index (χ0) is 13.4. The van der Waals surface area contributed by atoms with E-state index in [2.05, 4.69) is 29.0 Å². The fourth-order valence-electron chi connectivity index (χ4n) is 2.67. The number of benzene rings is 1. The summed E-state index contributed by atoms with van der Waals surface area (Å²) in [6.07, 6.45) is 5.19. The molecule has 0 saturated carbocycles. The Balaban J connectivity index is 2.04. The minimum absolute atomic E-state index is 0.640. The molecule has 0 unspecified atom stereocenters. The molecule has 0 fully saturated rings. The van der Waals surface area contributed by atoms with Crippen LogP contribution in [0.3, 0.4) is 0 Å². The Morgan fingerprint density at radius 1 is 1.42 bits per heavy atom. The Labute approximate surface area is 117 Å². The van der Waals surface area contributed by atoms with Crippen LogP contribution in [0.1, 0.15) is 16.8 Å². The molecule has 1 aliphatic heterocycles. The van der Waals surface area contributed by atoms with E-state index in [9.17, 15) is 0 Å². The molecule has 1 aromatic heterocycles. The quantitative estimate of drug-likeness (QED) is 0.841. The summed E-state index contributed by atoms with van der Waals surface area (Å²) in [6.45, 7) is 3.06. The van der Waals surface area contributed by atoms with E-state index < -0.39 is 0 Å². The number of rotatable bonds is 2. The minimum atomic E-state index is 0.640. The highest BCUT2D eigenvalue weighted by atomic mass is 32.2. The number of hydrogen-bond acceptors (Lipinski definition) is 3. The Kier molecular flexibility index (Phi) is 3.08. The normalized spacial score (nSPS) is 17.2. The molecule has 2 heterocycles. The molecular weight excluding hydrogens is 254 g/mol. The number of aryl methyl sites for hydroxylation is 1. The molecule has 0 bridgehead atoms. The van der Waals surface area contributed by atoms with Crippen LogP contribution in [0, 0.1) is 18.3 Å². The Hall–Kier alpha value is -1.73. The molecule has 96 valence electrons. The zero-order valence-electron chi connectivity index (χ0n) is 11.1. The summed E-state index contributed by atoms with van der Waals surface area (Å²) in [5.74, 6) is 0. The lowest BCUT2D eigenvalue weighted by molar-refractivity contribution is 0.665. The summed E-state index contributed by atoms with van der Waals surface area (Å²) in [5, 5.41) is 14.1. The van der Waals surface area contributed by atoms with Crippen molar-refractivity contribution in [2.24, 2.45) is 0 Å². The first-order valence-electron chi connectivity index (χ1n) is 6.31. The van der Waals surface area contributed by atoms with Gasteiger partial charge in [-0.1, -0.05) is 6.07 Å². The summed E-state index contributed by atoms with van der Waals surface area (Å²) in [6, 6.07) is 8.05. The van der Waals surface area contributed by atoms with E-state index in [1.165, 1.54) is 16.8 Å². The fraction of sp³-hybridized carbons (Fsp3) is 0.333. The third-order valence-electron chi connectivity index (χ3n) is 3.73. The fourth-order valence-corrected chi connectivity index (χ4v) is 3.29. The molecule has 4 heteroatoms. The van der Waals surface area contributed by atoms with Crippen LogP contribution in [0.15, 0.2) is 24.4 Å². The maximum absolute atomic E-state index is 8.94. The summed E-state index contributed by atoms with van der Waals surface area (Å²) >= 11 is 1.90. The van der Waals surface area contributed by atoms with E-state index in [1.807, 2.05) is 36.2 Å². The molecule has 0 N–H and O–H groups in total. The molecule has 2 aromatic rings. The number of nitriles is 1. The second kappa shape index (κ2) is 4.75. The highest BCUT2D eigenvalue weighted by Gasteiger charge is 2.25. The number of nitrogens with zero attached hydrogens (tertiary/aromatic N) is 3. The van der Waals surface area contributed by atoms with Gasteiger partial charge in [-0.2, -0.15) is 22.1 Å². The van der Waals surface area contributed by atoms with Crippen molar-refractivity contribution in [2.75, 3.05) is 6.26 Å². The number of aromatic nitrogens is 2. The van der Waals surface area contributed by atoms with Crippen molar-refractivity contribution in [3.8, 4) is 17.2 Å². The molecule has 0 amide bonds. The van der Waals surface area contributed by atoms with Crippen molar-refractivity contribution in [3.63, 3.8) is 0 Å². The summed E-state index contributed by atoms with van der Waals surface area (Å²) in [7, 11) is 0. The average Bonchev–Trinajstić information content (AvgIpc) is 2.98. The van der Waals surface area contributed by atoms with Crippen molar-refractivity contribution < 1.29 is 0 Å². The molecule has 0 spiro atoms. The average molecular weight is 269 g/mol. The van der Waals surface area contributed by atoms with Crippen molar-refractivity contribution >= 4 is 11.8 Å². The molecule has 19 heavy (non-hydrogen) atoms. The second-order valence-corrected chi connectivity index (χ2v) is 6.03. The lowest BCUT2D eigenvalue weighted by atomic mass is 9.98. The Morgan fingerprint density at radius 3 is 2.95 bits per heavy atom. The smallest absolute Gasteiger partial charge is 0.0991 e. The zero-order valence-corrected chi connectivity index (χ0v) is 11.9. The van der Waals surface area contributed by atoms with Gasteiger partial charge in [0.15, 0.2) is 0 Å². The lowest BCUT2D eigenvalue weighted by Gasteiger charge is -2.06. The molecule has 0 saturated heterocycles. The van der Waals surface area contributed by atoms with Gasteiger partial charge in [0.2, 0.25) is 0 Å². The maximum Gasteiger partial charge on any atom is 0.0991 e. The predicted octanol–water partition coefficient (Wildman–Crippen LogP) is 3.02. The summed E-state index contributed by atoms with van der Waals surface area (Å²) < 4.78 is 2.12. The van der Waals surface area contributed by atoms with E-state index in [4.69, 9.17) is 5.26 Å².